The largest absolute Gasteiger partial charge is 0.439 e. The van der Waals surface area contributed by atoms with Crippen LogP contribution in [0.15, 0.2) is 67.0 Å². The van der Waals surface area contributed by atoms with Crippen molar-refractivity contribution in [2.24, 2.45) is 0 Å². The van der Waals surface area contributed by atoms with Gasteiger partial charge >= 0.3 is 0 Å². The summed E-state index contributed by atoms with van der Waals surface area (Å²) >= 11 is 0. The highest BCUT2D eigenvalue weighted by Crippen LogP contribution is 2.24. The molecule has 1 amide bonds. The molecule has 0 saturated carbocycles. The van der Waals surface area contributed by atoms with Crippen LogP contribution >= 0.6 is 0 Å². The number of nitrogens with zero attached hydrogens (tertiary/aromatic N) is 2. The Morgan fingerprint density at radius 1 is 1.11 bits per heavy atom. The maximum absolute atomic E-state index is 12.4. The van der Waals surface area contributed by atoms with Crippen molar-refractivity contribution in [1.29, 1.82) is 0 Å². The van der Waals surface area contributed by atoms with Gasteiger partial charge in [0.25, 0.3) is 5.91 Å². The van der Waals surface area contributed by atoms with Gasteiger partial charge in [0.1, 0.15) is 12.1 Å². The van der Waals surface area contributed by atoms with Crippen LogP contribution in [0.4, 0.5) is 0 Å². The number of carbonyl (C=O) groups is 1. The maximum atomic E-state index is 12.4. The molecule has 1 atom stereocenters. The Morgan fingerprint density at radius 2 is 2.00 bits per heavy atom. The third kappa shape index (κ3) is 4.53. The molecule has 1 aliphatic rings. The molecule has 142 valence electrons. The molecule has 0 radical (unpaired) electrons. The zero-order valence-electron chi connectivity index (χ0n) is 15.4. The van der Waals surface area contributed by atoms with Crippen molar-refractivity contribution < 1.29 is 14.3 Å². The first kappa shape index (κ1) is 18.1. The molecule has 1 saturated heterocycles. The summed E-state index contributed by atoms with van der Waals surface area (Å²) in [7, 11) is 0. The molecule has 1 fully saturated rings. The molecule has 0 bridgehead atoms. The van der Waals surface area contributed by atoms with Gasteiger partial charge in [-0.2, -0.15) is 0 Å². The van der Waals surface area contributed by atoms with Crippen LogP contribution in [0.2, 0.25) is 0 Å². The van der Waals surface area contributed by atoms with Gasteiger partial charge in [-0.25, -0.2) is 9.97 Å². The minimum atomic E-state index is -0.145. The van der Waals surface area contributed by atoms with E-state index in [9.17, 15) is 4.79 Å². The molecule has 1 aromatic heterocycles. The smallest absolute Gasteiger partial charge is 0.251 e. The minimum Gasteiger partial charge on any atom is -0.439 e. The van der Waals surface area contributed by atoms with Crippen molar-refractivity contribution in [3.8, 4) is 22.9 Å². The van der Waals surface area contributed by atoms with Gasteiger partial charge in [0.15, 0.2) is 0 Å². The van der Waals surface area contributed by atoms with Crippen LogP contribution in [0.3, 0.4) is 0 Å². The van der Waals surface area contributed by atoms with E-state index in [0.717, 1.165) is 30.7 Å². The second-order valence-corrected chi connectivity index (χ2v) is 6.58. The monoisotopic (exact) mass is 375 g/mol. The predicted octanol–water partition coefficient (Wildman–Crippen LogP) is 3.84. The van der Waals surface area contributed by atoms with E-state index >= 15 is 0 Å². The first-order valence-electron chi connectivity index (χ1n) is 9.33. The summed E-state index contributed by atoms with van der Waals surface area (Å²) in [6, 6.07) is 18.6. The molecular formula is C22H21N3O3. The molecule has 1 aliphatic heterocycles. The van der Waals surface area contributed by atoms with E-state index in [2.05, 4.69) is 15.3 Å². The van der Waals surface area contributed by atoms with Gasteiger partial charge < -0.3 is 14.8 Å². The Bertz CT molecular complexity index is 941. The fourth-order valence-electron chi connectivity index (χ4n) is 3.10. The average molecular weight is 375 g/mol. The standard InChI is InChI=1S/C22H21N3O3/c26-22(23-14-19-10-5-11-27-19)17-8-4-9-18(12-17)28-21-13-20(24-15-25-21)16-6-2-1-3-7-16/h1-4,6-9,12-13,15,19H,5,10-11,14H2,(H,23,26)/t19-/m0/s1. The number of hydrogen-bond donors (Lipinski definition) is 1. The lowest BCUT2D eigenvalue weighted by Gasteiger charge is -2.11. The normalized spacial score (nSPS) is 15.9. The molecule has 0 aliphatic carbocycles. The molecule has 3 aromatic rings. The number of nitrogens with one attached hydrogen (secondary N) is 1. The highest BCUT2D eigenvalue weighted by Gasteiger charge is 2.17. The molecule has 28 heavy (non-hydrogen) atoms. The number of hydrogen-bond acceptors (Lipinski definition) is 5. The molecule has 0 spiro atoms. The summed E-state index contributed by atoms with van der Waals surface area (Å²) in [5.74, 6) is 0.821. The fourth-order valence-corrected chi connectivity index (χ4v) is 3.10. The van der Waals surface area contributed by atoms with E-state index in [1.54, 1.807) is 30.3 Å². The van der Waals surface area contributed by atoms with Crippen LogP contribution in [0, 0.1) is 0 Å². The Labute approximate surface area is 163 Å². The Kier molecular flexibility index (Phi) is 5.58. The zero-order chi connectivity index (χ0) is 19.2. The third-order valence-corrected chi connectivity index (χ3v) is 4.54. The highest BCUT2D eigenvalue weighted by molar-refractivity contribution is 5.94. The molecule has 6 heteroatoms. The molecule has 6 nitrogen and oxygen atoms in total. The second kappa shape index (κ2) is 8.63. The molecular weight excluding hydrogens is 354 g/mol. The Morgan fingerprint density at radius 3 is 2.82 bits per heavy atom. The highest BCUT2D eigenvalue weighted by atomic mass is 16.5. The lowest BCUT2D eigenvalue weighted by molar-refractivity contribution is 0.0857. The van der Waals surface area contributed by atoms with Crippen LogP contribution < -0.4 is 10.1 Å². The number of amides is 1. The van der Waals surface area contributed by atoms with E-state index in [-0.39, 0.29) is 12.0 Å². The van der Waals surface area contributed by atoms with E-state index in [0.29, 0.717) is 23.7 Å². The number of benzene rings is 2. The summed E-state index contributed by atoms with van der Waals surface area (Å²) in [6.07, 6.45) is 3.62. The van der Waals surface area contributed by atoms with E-state index < -0.39 is 0 Å². The van der Waals surface area contributed by atoms with Gasteiger partial charge in [-0.15, -0.1) is 0 Å². The van der Waals surface area contributed by atoms with Gasteiger partial charge in [0.2, 0.25) is 5.88 Å². The van der Waals surface area contributed by atoms with Gasteiger partial charge in [-0.1, -0.05) is 36.4 Å². The summed E-state index contributed by atoms with van der Waals surface area (Å²) in [5, 5.41) is 2.92. The first-order chi connectivity index (χ1) is 13.8. The van der Waals surface area contributed by atoms with Crippen molar-refractivity contribution in [3.63, 3.8) is 0 Å². The van der Waals surface area contributed by atoms with Crippen molar-refractivity contribution in [1.82, 2.24) is 15.3 Å². The molecule has 2 heterocycles. The van der Waals surface area contributed by atoms with Crippen molar-refractivity contribution in [2.75, 3.05) is 13.2 Å². The van der Waals surface area contributed by atoms with E-state index in [4.69, 9.17) is 9.47 Å². The fraction of sp³-hybridized carbons (Fsp3) is 0.227. The summed E-state index contributed by atoms with van der Waals surface area (Å²) < 4.78 is 11.4. The van der Waals surface area contributed by atoms with Crippen molar-refractivity contribution in [3.05, 3.63) is 72.6 Å². The Hall–Kier alpha value is -3.25. The third-order valence-electron chi connectivity index (χ3n) is 4.54. The van der Waals surface area contributed by atoms with Gasteiger partial charge in [0, 0.05) is 30.3 Å². The van der Waals surface area contributed by atoms with Crippen LogP contribution in [0.1, 0.15) is 23.2 Å². The maximum Gasteiger partial charge on any atom is 0.251 e. The van der Waals surface area contributed by atoms with E-state index in [1.807, 2.05) is 30.3 Å². The number of rotatable bonds is 6. The lowest BCUT2D eigenvalue weighted by Crippen LogP contribution is -2.31. The SMILES string of the molecule is O=C(NC[C@@H]1CCCO1)c1cccc(Oc2cc(-c3ccccc3)ncn2)c1. The number of ether oxygens (including phenoxy) is 2. The molecule has 2 aromatic carbocycles. The molecule has 1 N–H and O–H groups in total. The van der Waals surface area contributed by atoms with Crippen molar-refractivity contribution >= 4 is 5.91 Å². The lowest BCUT2D eigenvalue weighted by atomic mass is 10.1. The average Bonchev–Trinajstić information content (AvgIpc) is 3.27. The zero-order valence-corrected chi connectivity index (χ0v) is 15.4. The van der Waals surface area contributed by atoms with Gasteiger partial charge in [-0.05, 0) is 31.0 Å². The van der Waals surface area contributed by atoms with E-state index in [1.165, 1.54) is 6.33 Å². The molecule has 0 unspecified atom stereocenters. The summed E-state index contributed by atoms with van der Waals surface area (Å²) in [5.41, 5.74) is 2.29. The van der Waals surface area contributed by atoms with Crippen LogP contribution in [0.25, 0.3) is 11.3 Å². The first-order valence-corrected chi connectivity index (χ1v) is 9.33. The van der Waals surface area contributed by atoms with Gasteiger partial charge in [-0.3, -0.25) is 4.79 Å². The quantitative estimate of drug-likeness (QED) is 0.708. The summed E-state index contributed by atoms with van der Waals surface area (Å²) in [6.45, 7) is 1.30. The number of carbonyl (C=O) groups excluding carboxylic acids is 1. The minimum absolute atomic E-state index is 0.112. The second-order valence-electron chi connectivity index (χ2n) is 6.58. The Balaban J connectivity index is 1.44. The van der Waals surface area contributed by atoms with Crippen LogP contribution in [0.5, 0.6) is 11.6 Å². The predicted molar refractivity (Wildman–Crippen MR) is 105 cm³/mol. The summed E-state index contributed by atoms with van der Waals surface area (Å²) in [4.78, 5) is 20.9. The number of aromatic nitrogens is 2. The van der Waals surface area contributed by atoms with Gasteiger partial charge in [0.05, 0.1) is 11.8 Å². The van der Waals surface area contributed by atoms with Crippen LogP contribution in [-0.4, -0.2) is 35.1 Å². The molecule has 4 rings (SSSR count). The van der Waals surface area contributed by atoms with Crippen molar-refractivity contribution in [2.45, 2.75) is 18.9 Å². The topological polar surface area (TPSA) is 73.3 Å². The van der Waals surface area contributed by atoms with Crippen LogP contribution in [-0.2, 0) is 4.74 Å².